The van der Waals surface area contributed by atoms with E-state index in [1.807, 2.05) is 0 Å². The number of carbonyl (C=O) groups excluding carboxylic acids is 2. The molecule has 4 N–H and O–H groups in total. The molecule has 0 unspecified atom stereocenters. The van der Waals surface area contributed by atoms with E-state index in [0.717, 1.165) is 51.6 Å². The summed E-state index contributed by atoms with van der Waals surface area (Å²) in [6.07, 6.45) is 24.6. The molecule has 0 aliphatic heterocycles. The van der Waals surface area contributed by atoms with Gasteiger partial charge in [0.05, 0.1) is 0 Å². The molecule has 0 aromatic rings. The molecule has 6 heteroatoms. The van der Waals surface area contributed by atoms with Crippen LogP contribution in [0, 0.1) is 0 Å². The van der Waals surface area contributed by atoms with Crippen LogP contribution in [0.4, 0.5) is 9.59 Å². The maximum absolute atomic E-state index is 11.9. The summed E-state index contributed by atoms with van der Waals surface area (Å²) in [5.41, 5.74) is 0. The van der Waals surface area contributed by atoms with Gasteiger partial charge < -0.3 is 21.3 Å². The molecule has 0 aromatic heterocycles. The van der Waals surface area contributed by atoms with Gasteiger partial charge >= 0.3 is 12.1 Å². The lowest BCUT2D eigenvalue weighted by Gasteiger charge is -2.22. The van der Waals surface area contributed by atoms with Gasteiger partial charge in [0, 0.05) is 25.2 Å². The van der Waals surface area contributed by atoms with Gasteiger partial charge in [0.25, 0.3) is 0 Å². The van der Waals surface area contributed by atoms with Crippen LogP contribution in [0.2, 0.25) is 0 Å². The van der Waals surface area contributed by atoms with Crippen LogP contribution >= 0.6 is 0 Å². The van der Waals surface area contributed by atoms with Crippen molar-refractivity contribution in [2.75, 3.05) is 13.1 Å². The van der Waals surface area contributed by atoms with Crippen molar-refractivity contribution in [2.45, 2.75) is 141 Å². The van der Waals surface area contributed by atoms with Gasteiger partial charge in [-0.15, -0.1) is 0 Å². The Balaban J connectivity index is 1.26. The summed E-state index contributed by atoms with van der Waals surface area (Å²) in [5.74, 6) is 0. The Labute approximate surface area is 196 Å². The molecule has 0 atom stereocenters. The number of amides is 4. The van der Waals surface area contributed by atoms with Crippen molar-refractivity contribution in [3.63, 3.8) is 0 Å². The molecule has 4 amide bonds. The quantitative estimate of drug-likeness (QED) is 0.226. The minimum absolute atomic E-state index is 0.0250. The Morgan fingerprint density at radius 2 is 0.781 bits per heavy atom. The van der Waals surface area contributed by atoms with Gasteiger partial charge in [-0.05, 0) is 38.5 Å². The minimum atomic E-state index is 0.0250. The third kappa shape index (κ3) is 13.8. The summed E-state index contributed by atoms with van der Waals surface area (Å²) in [4.78, 5) is 23.8. The number of carbonyl (C=O) groups is 2. The van der Waals surface area contributed by atoms with Crippen molar-refractivity contribution in [3.8, 4) is 0 Å². The molecule has 2 fully saturated rings. The molecule has 2 saturated carbocycles. The van der Waals surface area contributed by atoms with Crippen LogP contribution in [0.1, 0.15) is 128 Å². The number of hydrogen-bond donors (Lipinski definition) is 4. The summed E-state index contributed by atoms with van der Waals surface area (Å²) in [6.45, 7) is 1.59. The van der Waals surface area contributed by atoms with Crippen molar-refractivity contribution < 1.29 is 9.59 Å². The van der Waals surface area contributed by atoms with Crippen molar-refractivity contribution in [1.82, 2.24) is 21.3 Å². The standard InChI is InChI=1S/C26H50N4O2/c31-25(29-23-17-11-9-12-18-23)27-21-15-7-5-3-1-2-4-6-8-16-22-28-26(32)30-24-19-13-10-14-20-24/h23-24H,1-22H2,(H2,27,29,31)(H2,28,30,32). The van der Waals surface area contributed by atoms with Gasteiger partial charge in [-0.1, -0.05) is 89.9 Å². The predicted octanol–water partition coefficient (Wildman–Crippen LogP) is 6.15. The monoisotopic (exact) mass is 450 g/mol. The minimum Gasteiger partial charge on any atom is -0.338 e. The highest BCUT2D eigenvalue weighted by Gasteiger charge is 2.15. The molecule has 6 nitrogen and oxygen atoms in total. The molecule has 2 rings (SSSR count). The summed E-state index contributed by atoms with van der Waals surface area (Å²) in [6, 6.07) is 0.838. The summed E-state index contributed by atoms with van der Waals surface area (Å²) < 4.78 is 0. The Morgan fingerprint density at radius 3 is 1.12 bits per heavy atom. The van der Waals surface area contributed by atoms with Crippen LogP contribution in [0.15, 0.2) is 0 Å². The molecule has 2 aliphatic rings. The van der Waals surface area contributed by atoms with E-state index in [1.54, 1.807) is 0 Å². The van der Waals surface area contributed by atoms with Gasteiger partial charge in [0.1, 0.15) is 0 Å². The number of urea groups is 2. The number of rotatable bonds is 15. The van der Waals surface area contributed by atoms with Crippen LogP contribution in [-0.2, 0) is 0 Å². The molecule has 32 heavy (non-hydrogen) atoms. The lowest BCUT2D eigenvalue weighted by molar-refractivity contribution is 0.231. The molecule has 0 spiro atoms. The van der Waals surface area contributed by atoms with E-state index >= 15 is 0 Å². The third-order valence-electron chi connectivity index (χ3n) is 7.06. The molecule has 0 heterocycles. The van der Waals surface area contributed by atoms with Gasteiger partial charge in [0.15, 0.2) is 0 Å². The maximum atomic E-state index is 11.9. The van der Waals surface area contributed by atoms with Crippen molar-refractivity contribution in [3.05, 3.63) is 0 Å². The molecular formula is C26H50N4O2. The fraction of sp³-hybridized carbons (Fsp3) is 0.923. The number of nitrogens with one attached hydrogen (secondary N) is 4. The zero-order valence-electron chi connectivity index (χ0n) is 20.5. The Bertz CT molecular complexity index is 444. The molecule has 2 aliphatic carbocycles. The first-order valence-electron chi connectivity index (χ1n) is 13.8. The van der Waals surface area contributed by atoms with Crippen molar-refractivity contribution >= 4 is 12.1 Å². The van der Waals surface area contributed by atoms with E-state index in [1.165, 1.54) is 89.9 Å². The summed E-state index contributed by atoms with van der Waals surface area (Å²) in [5, 5.41) is 12.2. The Hall–Kier alpha value is -1.46. The maximum Gasteiger partial charge on any atom is 0.315 e. The lowest BCUT2D eigenvalue weighted by Crippen LogP contribution is -2.43. The van der Waals surface area contributed by atoms with Gasteiger partial charge in [-0.25, -0.2) is 9.59 Å². The van der Waals surface area contributed by atoms with Crippen molar-refractivity contribution in [2.24, 2.45) is 0 Å². The molecule has 0 saturated heterocycles. The second kappa shape index (κ2) is 18.0. The van der Waals surface area contributed by atoms with Gasteiger partial charge in [-0.2, -0.15) is 0 Å². The second-order valence-corrected chi connectivity index (χ2v) is 10.0. The van der Waals surface area contributed by atoms with Gasteiger partial charge in [0.2, 0.25) is 0 Å². The lowest BCUT2D eigenvalue weighted by atomic mass is 9.96. The van der Waals surface area contributed by atoms with Crippen molar-refractivity contribution in [1.29, 1.82) is 0 Å². The average molecular weight is 451 g/mol. The fourth-order valence-corrected chi connectivity index (χ4v) is 5.03. The highest BCUT2D eigenvalue weighted by atomic mass is 16.2. The predicted molar refractivity (Wildman–Crippen MR) is 133 cm³/mol. The number of hydrogen-bond acceptors (Lipinski definition) is 2. The molecule has 0 aromatic carbocycles. The topological polar surface area (TPSA) is 82.3 Å². The first kappa shape index (κ1) is 26.8. The Kier molecular flexibility index (Phi) is 15.1. The van der Waals surface area contributed by atoms with Crippen LogP contribution < -0.4 is 21.3 Å². The van der Waals surface area contributed by atoms with Crippen LogP contribution in [-0.4, -0.2) is 37.2 Å². The Morgan fingerprint density at radius 1 is 0.469 bits per heavy atom. The normalized spacial score (nSPS) is 17.6. The zero-order valence-corrected chi connectivity index (χ0v) is 20.5. The highest BCUT2D eigenvalue weighted by molar-refractivity contribution is 5.74. The third-order valence-corrected chi connectivity index (χ3v) is 7.06. The van der Waals surface area contributed by atoms with Crippen LogP contribution in [0.25, 0.3) is 0 Å². The molecular weight excluding hydrogens is 400 g/mol. The second-order valence-electron chi connectivity index (χ2n) is 10.0. The smallest absolute Gasteiger partial charge is 0.315 e. The average Bonchev–Trinajstić information content (AvgIpc) is 2.80. The highest BCUT2D eigenvalue weighted by Crippen LogP contribution is 2.18. The molecule has 0 radical (unpaired) electrons. The number of unbranched alkanes of at least 4 members (excludes halogenated alkanes) is 9. The van der Waals surface area contributed by atoms with E-state index < -0.39 is 0 Å². The first-order valence-corrected chi connectivity index (χ1v) is 13.8. The summed E-state index contributed by atoms with van der Waals surface area (Å²) >= 11 is 0. The van der Waals surface area contributed by atoms with E-state index in [9.17, 15) is 9.59 Å². The van der Waals surface area contributed by atoms with Gasteiger partial charge in [-0.3, -0.25) is 0 Å². The largest absolute Gasteiger partial charge is 0.338 e. The molecule has 0 bridgehead atoms. The van der Waals surface area contributed by atoms with Crippen LogP contribution in [0.3, 0.4) is 0 Å². The zero-order chi connectivity index (χ0) is 22.7. The summed E-state index contributed by atoms with van der Waals surface area (Å²) in [7, 11) is 0. The van der Waals surface area contributed by atoms with E-state index in [-0.39, 0.29) is 12.1 Å². The SMILES string of the molecule is O=C(NCCCCCCCCCCCCNC(=O)NC1CCCCC1)NC1CCCCC1. The van der Waals surface area contributed by atoms with E-state index in [0.29, 0.717) is 12.1 Å². The fourth-order valence-electron chi connectivity index (χ4n) is 5.03. The van der Waals surface area contributed by atoms with E-state index in [2.05, 4.69) is 21.3 Å². The molecule has 186 valence electrons. The van der Waals surface area contributed by atoms with Crippen LogP contribution in [0.5, 0.6) is 0 Å². The first-order chi connectivity index (χ1) is 15.7. The van der Waals surface area contributed by atoms with E-state index in [4.69, 9.17) is 0 Å².